The monoisotopic (exact) mass is 282 g/mol. The molecule has 1 aliphatic rings. The zero-order chi connectivity index (χ0) is 15.3. The van der Waals surface area contributed by atoms with Crippen molar-refractivity contribution in [2.45, 2.75) is 84.8 Å². The maximum atomic E-state index is 12.5. The smallest absolute Gasteiger partial charge is 0.246 e. The zero-order valence-corrected chi connectivity index (χ0v) is 13.6. The maximum absolute atomic E-state index is 12.5. The van der Waals surface area contributed by atoms with Crippen LogP contribution in [0.5, 0.6) is 0 Å². The SMILES string of the molecule is CCCC1NC(=O)C(C)N(C(C)CCCC(C)C)C1=O. The summed E-state index contributed by atoms with van der Waals surface area (Å²) in [5.74, 6) is 0.766. The Balaban J connectivity index is 2.67. The molecule has 20 heavy (non-hydrogen) atoms. The second-order valence-corrected chi connectivity index (χ2v) is 6.45. The van der Waals surface area contributed by atoms with Crippen molar-refractivity contribution in [2.75, 3.05) is 0 Å². The van der Waals surface area contributed by atoms with Crippen molar-refractivity contribution in [3.63, 3.8) is 0 Å². The number of piperazine rings is 1. The van der Waals surface area contributed by atoms with Gasteiger partial charge in [-0.3, -0.25) is 9.59 Å². The second kappa shape index (κ2) is 7.65. The summed E-state index contributed by atoms with van der Waals surface area (Å²) in [5.41, 5.74) is 0. The Kier molecular flexibility index (Phi) is 6.50. The van der Waals surface area contributed by atoms with Gasteiger partial charge in [0.25, 0.3) is 0 Å². The molecular formula is C16H30N2O2. The van der Waals surface area contributed by atoms with E-state index in [1.807, 2.05) is 13.8 Å². The summed E-state index contributed by atoms with van der Waals surface area (Å²) in [6.45, 7) is 10.4. The molecule has 0 aromatic carbocycles. The van der Waals surface area contributed by atoms with Crippen molar-refractivity contribution in [3.8, 4) is 0 Å². The highest BCUT2D eigenvalue weighted by molar-refractivity contribution is 5.96. The highest BCUT2D eigenvalue weighted by atomic mass is 16.2. The number of nitrogens with zero attached hydrogens (tertiary/aromatic N) is 1. The van der Waals surface area contributed by atoms with Gasteiger partial charge in [0, 0.05) is 6.04 Å². The fourth-order valence-corrected chi connectivity index (χ4v) is 2.90. The molecule has 4 heteroatoms. The Bertz CT molecular complexity index is 341. The predicted octanol–water partition coefficient (Wildman–Crippen LogP) is 2.72. The summed E-state index contributed by atoms with van der Waals surface area (Å²) in [5, 5.41) is 2.85. The summed E-state index contributed by atoms with van der Waals surface area (Å²) in [4.78, 5) is 26.3. The van der Waals surface area contributed by atoms with Crippen molar-refractivity contribution in [2.24, 2.45) is 5.92 Å². The van der Waals surface area contributed by atoms with E-state index in [-0.39, 0.29) is 29.9 Å². The molecule has 1 heterocycles. The first-order chi connectivity index (χ1) is 9.38. The summed E-state index contributed by atoms with van der Waals surface area (Å²) >= 11 is 0. The lowest BCUT2D eigenvalue weighted by Crippen LogP contribution is -2.64. The third kappa shape index (κ3) is 4.22. The summed E-state index contributed by atoms with van der Waals surface area (Å²) in [7, 11) is 0. The van der Waals surface area contributed by atoms with Crippen LogP contribution in [0.2, 0.25) is 0 Å². The minimum absolute atomic E-state index is 0.0150. The van der Waals surface area contributed by atoms with Crippen molar-refractivity contribution >= 4 is 11.8 Å². The number of nitrogens with one attached hydrogen (secondary N) is 1. The van der Waals surface area contributed by atoms with E-state index in [2.05, 4.69) is 26.1 Å². The van der Waals surface area contributed by atoms with Crippen LogP contribution in [0.1, 0.15) is 66.7 Å². The third-order valence-electron chi connectivity index (χ3n) is 4.12. The lowest BCUT2D eigenvalue weighted by atomic mass is 9.98. The topological polar surface area (TPSA) is 49.4 Å². The fourth-order valence-electron chi connectivity index (χ4n) is 2.90. The molecule has 0 spiro atoms. The number of hydrogen-bond donors (Lipinski definition) is 1. The van der Waals surface area contributed by atoms with Gasteiger partial charge in [0.1, 0.15) is 12.1 Å². The standard InChI is InChI=1S/C16H30N2O2/c1-6-8-14-16(20)18(13(5)15(19)17-14)12(4)10-7-9-11(2)3/h11-14H,6-10H2,1-5H3,(H,17,19). The molecule has 0 aliphatic carbocycles. The van der Waals surface area contributed by atoms with E-state index in [9.17, 15) is 9.59 Å². The summed E-state index contributed by atoms with van der Waals surface area (Å²) < 4.78 is 0. The number of carbonyl (C=O) groups excluding carboxylic acids is 2. The Hall–Kier alpha value is -1.06. The fraction of sp³-hybridized carbons (Fsp3) is 0.875. The molecule has 3 atom stereocenters. The van der Waals surface area contributed by atoms with Crippen LogP contribution >= 0.6 is 0 Å². The van der Waals surface area contributed by atoms with Gasteiger partial charge in [-0.05, 0) is 32.6 Å². The largest absolute Gasteiger partial charge is 0.343 e. The van der Waals surface area contributed by atoms with Gasteiger partial charge in [-0.2, -0.15) is 0 Å². The number of amides is 2. The molecule has 1 rings (SSSR count). The lowest BCUT2D eigenvalue weighted by Gasteiger charge is -2.41. The number of rotatable bonds is 7. The van der Waals surface area contributed by atoms with Gasteiger partial charge >= 0.3 is 0 Å². The molecule has 2 amide bonds. The molecule has 0 aromatic heterocycles. The molecular weight excluding hydrogens is 252 g/mol. The van der Waals surface area contributed by atoms with E-state index in [4.69, 9.17) is 0 Å². The zero-order valence-electron chi connectivity index (χ0n) is 13.6. The first-order valence-corrected chi connectivity index (χ1v) is 8.01. The van der Waals surface area contributed by atoms with Gasteiger partial charge in [0.2, 0.25) is 11.8 Å². The first-order valence-electron chi connectivity index (χ1n) is 8.01. The molecule has 0 radical (unpaired) electrons. The van der Waals surface area contributed by atoms with Crippen molar-refractivity contribution in [3.05, 3.63) is 0 Å². The highest BCUT2D eigenvalue weighted by Gasteiger charge is 2.39. The minimum atomic E-state index is -0.343. The molecule has 1 fully saturated rings. The first kappa shape index (κ1) is 17.0. The van der Waals surface area contributed by atoms with Crippen LogP contribution < -0.4 is 5.32 Å². The molecule has 3 unspecified atom stereocenters. The van der Waals surface area contributed by atoms with Crippen LogP contribution in [0.4, 0.5) is 0 Å². The van der Waals surface area contributed by atoms with Crippen LogP contribution in [-0.4, -0.2) is 34.8 Å². The number of hydrogen-bond acceptors (Lipinski definition) is 2. The Morgan fingerprint density at radius 3 is 2.40 bits per heavy atom. The van der Waals surface area contributed by atoms with E-state index in [1.165, 1.54) is 6.42 Å². The normalized spacial score (nSPS) is 25.0. The Morgan fingerprint density at radius 2 is 1.85 bits per heavy atom. The molecule has 1 N–H and O–H groups in total. The van der Waals surface area contributed by atoms with Gasteiger partial charge < -0.3 is 10.2 Å². The van der Waals surface area contributed by atoms with Gasteiger partial charge in [-0.25, -0.2) is 0 Å². The van der Waals surface area contributed by atoms with E-state index in [0.29, 0.717) is 5.92 Å². The van der Waals surface area contributed by atoms with Crippen molar-refractivity contribution in [1.29, 1.82) is 0 Å². The van der Waals surface area contributed by atoms with Crippen LogP contribution in [0.25, 0.3) is 0 Å². The molecule has 0 bridgehead atoms. The van der Waals surface area contributed by atoms with Crippen LogP contribution in [0, 0.1) is 5.92 Å². The van der Waals surface area contributed by atoms with Gasteiger partial charge in [-0.15, -0.1) is 0 Å². The van der Waals surface area contributed by atoms with Crippen LogP contribution in [-0.2, 0) is 9.59 Å². The van der Waals surface area contributed by atoms with Crippen molar-refractivity contribution < 1.29 is 9.59 Å². The lowest BCUT2D eigenvalue weighted by molar-refractivity contribution is -0.151. The molecule has 1 aliphatic heterocycles. The van der Waals surface area contributed by atoms with Gasteiger partial charge in [0.05, 0.1) is 0 Å². The Labute approximate surface area is 123 Å². The highest BCUT2D eigenvalue weighted by Crippen LogP contribution is 2.20. The van der Waals surface area contributed by atoms with E-state index in [1.54, 1.807) is 4.90 Å². The van der Waals surface area contributed by atoms with E-state index in [0.717, 1.165) is 25.7 Å². The molecule has 4 nitrogen and oxygen atoms in total. The quantitative estimate of drug-likeness (QED) is 0.780. The van der Waals surface area contributed by atoms with E-state index >= 15 is 0 Å². The second-order valence-electron chi connectivity index (χ2n) is 6.45. The number of carbonyl (C=O) groups is 2. The van der Waals surface area contributed by atoms with Gasteiger partial charge in [0.15, 0.2) is 0 Å². The molecule has 1 saturated heterocycles. The molecule has 0 aromatic rings. The third-order valence-corrected chi connectivity index (χ3v) is 4.12. The van der Waals surface area contributed by atoms with Crippen molar-refractivity contribution in [1.82, 2.24) is 10.2 Å². The molecule has 0 saturated carbocycles. The van der Waals surface area contributed by atoms with Gasteiger partial charge in [-0.1, -0.05) is 40.0 Å². The van der Waals surface area contributed by atoms with E-state index < -0.39 is 0 Å². The predicted molar refractivity (Wildman–Crippen MR) is 81.3 cm³/mol. The van der Waals surface area contributed by atoms with Crippen LogP contribution in [0.15, 0.2) is 0 Å². The summed E-state index contributed by atoms with van der Waals surface area (Å²) in [6, 6.07) is -0.525. The van der Waals surface area contributed by atoms with Crippen LogP contribution in [0.3, 0.4) is 0 Å². The Morgan fingerprint density at radius 1 is 1.20 bits per heavy atom. The average molecular weight is 282 g/mol. The minimum Gasteiger partial charge on any atom is -0.343 e. The molecule has 116 valence electrons. The average Bonchev–Trinajstić information content (AvgIpc) is 2.36. The maximum Gasteiger partial charge on any atom is 0.246 e. The summed E-state index contributed by atoms with van der Waals surface area (Å²) in [6.07, 6.45) is 4.88.